The van der Waals surface area contributed by atoms with E-state index in [9.17, 15) is 9.59 Å². The molecule has 0 fully saturated rings. The third-order valence-corrected chi connectivity index (χ3v) is 2.88. The largest absolute Gasteiger partial charge is 0.462 e. The maximum absolute atomic E-state index is 12.0. The number of hydrogen-bond donors (Lipinski definition) is 1. The van der Waals surface area contributed by atoms with Gasteiger partial charge in [-0.05, 0) is 31.4 Å². The Morgan fingerprint density at radius 3 is 1.95 bits per heavy atom. The lowest BCUT2D eigenvalue weighted by Crippen LogP contribution is -2.15. The molecule has 0 aliphatic carbocycles. The molecule has 5 heteroatoms. The van der Waals surface area contributed by atoms with Gasteiger partial charge in [-0.2, -0.15) is 0 Å². The van der Waals surface area contributed by atoms with Crippen molar-refractivity contribution in [2.24, 2.45) is 0 Å². The second kappa shape index (κ2) is 9.94. The third kappa shape index (κ3) is 5.95. The van der Waals surface area contributed by atoms with Gasteiger partial charge in [0.05, 0.1) is 24.3 Å². The number of unbranched alkanes of at least 4 members (excludes halogenated alkanes) is 2. The van der Waals surface area contributed by atoms with Crippen molar-refractivity contribution in [1.29, 1.82) is 0 Å². The van der Waals surface area contributed by atoms with Crippen LogP contribution in [-0.2, 0) is 9.47 Å². The molecule has 0 unspecified atom stereocenters. The van der Waals surface area contributed by atoms with Crippen molar-refractivity contribution in [3.8, 4) is 0 Å². The average Bonchev–Trinajstić information content (AvgIpc) is 2.51. The highest BCUT2D eigenvalue weighted by molar-refractivity contribution is 6.03. The topological polar surface area (TPSA) is 72.8 Å². The Hall–Kier alpha value is -1.88. The van der Waals surface area contributed by atoms with E-state index in [0.717, 1.165) is 12.8 Å². The minimum atomic E-state index is -0.545. The van der Waals surface area contributed by atoms with Crippen molar-refractivity contribution in [3.05, 3.63) is 35.4 Å². The van der Waals surface area contributed by atoms with Crippen LogP contribution in [0.25, 0.3) is 0 Å². The second-order valence-corrected chi connectivity index (χ2v) is 4.60. The number of rotatable bonds is 9. The zero-order chi connectivity index (χ0) is 15.5. The van der Waals surface area contributed by atoms with Gasteiger partial charge >= 0.3 is 11.9 Å². The van der Waals surface area contributed by atoms with Gasteiger partial charge in [0.2, 0.25) is 0 Å². The minimum absolute atomic E-state index is 0.0674. The van der Waals surface area contributed by atoms with E-state index in [1.165, 1.54) is 0 Å². The van der Waals surface area contributed by atoms with Crippen LogP contribution < -0.4 is 0 Å². The number of aliphatic hydroxyl groups excluding tert-OH is 1. The lowest BCUT2D eigenvalue weighted by Gasteiger charge is -2.09. The summed E-state index contributed by atoms with van der Waals surface area (Å²) in [5.41, 5.74) is 0.434. The fraction of sp³-hybridized carbons (Fsp3) is 0.500. The molecule has 0 amide bonds. The molecule has 0 aliphatic heterocycles. The lowest BCUT2D eigenvalue weighted by molar-refractivity contribution is 0.0449. The van der Waals surface area contributed by atoms with Crippen molar-refractivity contribution in [1.82, 2.24) is 0 Å². The van der Waals surface area contributed by atoms with E-state index in [-0.39, 0.29) is 24.3 Å². The molecule has 0 aromatic heterocycles. The van der Waals surface area contributed by atoms with Gasteiger partial charge in [-0.1, -0.05) is 25.5 Å². The predicted octanol–water partition coefficient (Wildman–Crippen LogP) is 2.57. The Morgan fingerprint density at radius 1 is 0.952 bits per heavy atom. The van der Waals surface area contributed by atoms with E-state index >= 15 is 0 Å². The smallest absolute Gasteiger partial charge is 0.339 e. The lowest BCUT2D eigenvalue weighted by atomic mass is 10.1. The van der Waals surface area contributed by atoms with Crippen LogP contribution in [0.5, 0.6) is 0 Å². The van der Waals surface area contributed by atoms with Crippen molar-refractivity contribution >= 4 is 11.9 Å². The molecule has 1 aromatic rings. The maximum Gasteiger partial charge on any atom is 0.339 e. The predicted molar refractivity (Wildman–Crippen MR) is 78.2 cm³/mol. The molecule has 1 aromatic carbocycles. The van der Waals surface area contributed by atoms with Crippen LogP contribution in [0.4, 0.5) is 0 Å². The SMILES string of the molecule is CCCCOC(=O)c1ccccc1C(=O)OCCCCO. The highest BCUT2D eigenvalue weighted by Gasteiger charge is 2.18. The van der Waals surface area contributed by atoms with E-state index < -0.39 is 11.9 Å². The highest BCUT2D eigenvalue weighted by Crippen LogP contribution is 2.12. The molecule has 0 atom stereocenters. The summed E-state index contributed by atoms with van der Waals surface area (Å²) in [7, 11) is 0. The van der Waals surface area contributed by atoms with E-state index in [1.807, 2.05) is 6.92 Å². The Labute approximate surface area is 124 Å². The van der Waals surface area contributed by atoms with Crippen LogP contribution in [-0.4, -0.2) is 36.9 Å². The first-order valence-corrected chi connectivity index (χ1v) is 7.24. The Kier molecular flexibility index (Phi) is 8.12. The summed E-state index contributed by atoms with van der Waals surface area (Å²) in [5, 5.41) is 8.67. The summed E-state index contributed by atoms with van der Waals surface area (Å²) in [5.74, 6) is -1.05. The average molecular weight is 294 g/mol. The number of hydrogen-bond acceptors (Lipinski definition) is 5. The summed E-state index contributed by atoms with van der Waals surface area (Å²) in [6, 6.07) is 6.45. The molecule has 0 radical (unpaired) electrons. The van der Waals surface area contributed by atoms with Gasteiger partial charge in [0.15, 0.2) is 0 Å². The first-order chi connectivity index (χ1) is 10.2. The van der Waals surface area contributed by atoms with Gasteiger partial charge in [-0.15, -0.1) is 0 Å². The molecule has 1 N–H and O–H groups in total. The quantitative estimate of drug-likeness (QED) is 0.560. The number of benzene rings is 1. The summed E-state index contributed by atoms with van der Waals surface area (Å²) < 4.78 is 10.2. The molecule has 116 valence electrons. The molecule has 21 heavy (non-hydrogen) atoms. The standard InChI is InChI=1S/C16H22O5/c1-2-3-11-20-15(18)13-8-4-5-9-14(13)16(19)21-12-7-6-10-17/h4-5,8-9,17H,2-3,6-7,10-12H2,1H3. The maximum atomic E-state index is 12.0. The minimum Gasteiger partial charge on any atom is -0.462 e. The molecular formula is C16H22O5. The van der Waals surface area contributed by atoms with Gasteiger partial charge in [-0.3, -0.25) is 0 Å². The molecule has 0 spiro atoms. The number of esters is 2. The van der Waals surface area contributed by atoms with E-state index in [2.05, 4.69) is 0 Å². The van der Waals surface area contributed by atoms with E-state index in [4.69, 9.17) is 14.6 Å². The summed E-state index contributed by atoms with van der Waals surface area (Å²) >= 11 is 0. The van der Waals surface area contributed by atoms with Crippen molar-refractivity contribution in [2.45, 2.75) is 32.6 Å². The Bertz CT molecular complexity index is 456. The van der Waals surface area contributed by atoms with Crippen LogP contribution in [0.15, 0.2) is 24.3 Å². The Morgan fingerprint density at radius 2 is 1.48 bits per heavy atom. The first kappa shape index (κ1) is 17.2. The molecule has 0 saturated heterocycles. The summed E-state index contributed by atoms with van der Waals surface area (Å²) in [4.78, 5) is 23.9. The Balaban J connectivity index is 2.65. The molecule has 0 saturated carbocycles. The van der Waals surface area contributed by atoms with Crippen LogP contribution >= 0.6 is 0 Å². The van der Waals surface area contributed by atoms with Crippen LogP contribution in [0.2, 0.25) is 0 Å². The third-order valence-electron chi connectivity index (χ3n) is 2.88. The zero-order valence-corrected chi connectivity index (χ0v) is 12.3. The highest BCUT2D eigenvalue weighted by atomic mass is 16.5. The van der Waals surface area contributed by atoms with Crippen molar-refractivity contribution in [3.63, 3.8) is 0 Å². The van der Waals surface area contributed by atoms with Gasteiger partial charge < -0.3 is 14.6 Å². The number of carbonyl (C=O) groups is 2. The summed E-state index contributed by atoms with van der Waals surface area (Å²) in [6.45, 7) is 2.64. The normalized spacial score (nSPS) is 10.2. The first-order valence-electron chi connectivity index (χ1n) is 7.24. The number of ether oxygens (including phenoxy) is 2. The van der Waals surface area contributed by atoms with Gasteiger partial charge in [-0.25, -0.2) is 9.59 Å². The van der Waals surface area contributed by atoms with Crippen LogP contribution in [0, 0.1) is 0 Å². The van der Waals surface area contributed by atoms with Gasteiger partial charge in [0.1, 0.15) is 0 Å². The zero-order valence-electron chi connectivity index (χ0n) is 12.3. The fourth-order valence-electron chi connectivity index (χ4n) is 1.68. The van der Waals surface area contributed by atoms with Gasteiger partial charge in [0, 0.05) is 6.61 Å². The van der Waals surface area contributed by atoms with Crippen LogP contribution in [0.3, 0.4) is 0 Å². The molecule has 1 rings (SSSR count). The number of aliphatic hydroxyl groups is 1. The molecular weight excluding hydrogens is 272 g/mol. The van der Waals surface area contributed by atoms with Crippen molar-refractivity contribution < 1.29 is 24.2 Å². The fourth-order valence-corrected chi connectivity index (χ4v) is 1.68. The second-order valence-electron chi connectivity index (χ2n) is 4.60. The molecule has 0 heterocycles. The molecule has 0 bridgehead atoms. The van der Waals surface area contributed by atoms with E-state index in [1.54, 1.807) is 24.3 Å². The molecule has 0 aliphatic rings. The van der Waals surface area contributed by atoms with E-state index in [0.29, 0.717) is 19.4 Å². The van der Waals surface area contributed by atoms with Crippen LogP contribution in [0.1, 0.15) is 53.3 Å². The van der Waals surface area contributed by atoms with Gasteiger partial charge in [0.25, 0.3) is 0 Å². The monoisotopic (exact) mass is 294 g/mol. The number of carbonyl (C=O) groups excluding carboxylic acids is 2. The van der Waals surface area contributed by atoms with Crippen molar-refractivity contribution in [2.75, 3.05) is 19.8 Å². The molecule has 5 nitrogen and oxygen atoms in total. The summed E-state index contributed by atoms with van der Waals surface area (Å²) in [6.07, 6.45) is 2.89.